The predicted molar refractivity (Wildman–Crippen MR) is 107 cm³/mol. The molecule has 1 aliphatic heterocycles. The van der Waals surface area contributed by atoms with Crippen LogP contribution in [0.5, 0.6) is 11.5 Å². The molecule has 7 nitrogen and oxygen atoms in total. The summed E-state index contributed by atoms with van der Waals surface area (Å²) in [7, 11) is 1.71. The minimum atomic E-state index is -0.651. The van der Waals surface area contributed by atoms with Gasteiger partial charge < -0.3 is 24.4 Å². The van der Waals surface area contributed by atoms with Crippen molar-refractivity contribution in [3.8, 4) is 11.5 Å². The molecule has 0 radical (unpaired) electrons. The number of ether oxygens (including phenoxy) is 3. The lowest BCUT2D eigenvalue weighted by atomic mass is 9.93. The van der Waals surface area contributed by atoms with Crippen LogP contribution in [0, 0.1) is 5.41 Å². The van der Waals surface area contributed by atoms with E-state index in [4.69, 9.17) is 14.2 Å². The monoisotopic (exact) mass is 392 g/mol. The summed E-state index contributed by atoms with van der Waals surface area (Å²) >= 11 is 0. The second kappa shape index (κ2) is 8.29. The van der Waals surface area contributed by atoms with Crippen molar-refractivity contribution in [3.63, 3.8) is 0 Å². The molecule has 2 rings (SSSR count). The normalized spacial score (nSPS) is 14.4. The van der Waals surface area contributed by atoms with Gasteiger partial charge in [-0.3, -0.25) is 4.79 Å². The second-order valence-electron chi connectivity index (χ2n) is 8.99. The highest BCUT2D eigenvalue weighted by Crippen LogP contribution is 2.33. The molecular weight excluding hydrogens is 360 g/mol. The van der Waals surface area contributed by atoms with Crippen molar-refractivity contribution in [2.45, 2.75) is 59.5 Å². The van der Waals surface area contributed by atoms with E-state index >= 15 is 0 Å². The minimum Gasteiger partial charge on any atom is -0.454 e. The van der Waals surface area contributed by atoms with Crippen LogP contribution in [-0.2, 0) is 16.0 Å². The quantitative estimate of drug-likeness (QED) is 0.803. The SMILES string of the molecule is CC(Cc1ccc2c(c1)OCO2)N(C)C(=O)OCC(C)(C)NC(=O)C(C)(C)C. The highest BCUT2D eigenvalue weighted by atomic mass is 16.7. The molecule has 1 unspecified atom stereocenters. The van der Waals surface area contributed by atoms with E-state index < -0.39 is 17.0 Å². The molecule has 0 bridgehead atoms. The van der Waals surface area contributed by atoms with E-state index in [1.807, 2.05) is 59.7 Å². The Morgan fingerprint density at radius 1 is 1.18 bits per heavy atom. The van der Waals surface area contributed by atoms with Gasteiger partial charge in [-0.2, -0.15) is 0 Å². The Morgan fingerprint density at radius 2 is 1.82 bits per heavy atom. The first kappa shape index (κ1) is 21.9. The first-order valence-corrected chi connectivity index (χ1v) is 9.50. The first-order chi connectivity index (χ1) is 12.9. The Kier molecular flexibility index (Phi) is 6.47. The van der Waals surface area contributed by atoms with E-state index in [2.05, 4.69) is 5.32 Å². The molecule has 156 valence electrons. The molecule has 0 fully saturated rings. The minimum absolute atomic E-state index is 0.0693. The van der Waals surface area contributed by atoms with Crippen molar-refractivity contribution in [1.82, 2.24) is 10.2 Å². The summed E-state index contributed by atoms with van der Waals surface area (Å²) in [6, 6.07) is 5.71. The summed E-state index contributed by atoms with van der Waals surface area (Å²) in [4.78, 5) is 26.2. The van der Waals surface area contributed by atoms with Crippen LogP contribution in [0.2, 0.25) is 0 Å². The van der Waals surface area contributed by atoms with E-state index in [1.54, 1.807) is 11.9 Å². The Hall–Kier alpha value is -2.44. The third kappa shape index (κ3) is 5.78. The van der Waals surface area contributed by atoms with E-state index in [0.29, 0.717) is 6.42 Å². The zero-order chi connectivity index (χ0) is 21.1. The van der Waals surface area contributed by atoms with Crippen LogP contribution in [0.1, 0.15) is 47.1 Å². The number of fused-ring (bicyclic) bond motifs is 1. The molecule has 1 atom stereocenters. The molecule has 0 saturated carbocycles. The number of nitrogens with zero attached hydrogens (tertiary/aromatic N) is 1. The number of carbonyl (C=O) groups is 2. The standard InChI is InChI=1S/C21H32N2O5/c1-14(10-15-8-9-16-17(11-15)28-13-27-16)23(7)19(25)26-12-21(5,6)22-18(24)20(2,3)4/h8-9,11,14H,10,12-13H2,1-7H3,(H,22,24). The van der Waals surface area contributed by atoms with Gasteiger partial charge in [0.2, 0.25) is 12.7 Å². The molecule has 7 heteroatoms. The molecular formula is C21H32N2O5. The third-order valence-electron chi connectivity index (χ3n) is 4.61. The number of hydrogen-bond acceptors (Lipinski definition) is 5. The lowest BCUT2D eigenvalue weighted by molar-refractivity contribution is -0.130. The van der Waals surface area contributed by atoms with Crippen LogP contribution < -0.4 is 14.8 Å². The van der Waals surface area contributed by atoms with Gasteiger partial charge >= 0.3 is 6.09 Å². The Labute approximate surface area is 167 Å². The molecule has 1 aliphatic rings. The molecule has 0 aliphatic carbocycles. The zero-order valence-electron chi connectivity index (χ0n) is 17.9. The fourth-order valence-electron chi connectivity index (χ4n) is 2.60. The summed E-state index contributed by atoms with van der Waals surface area (Å²) in [6.45, 7) is 11.5. The van der Waals surface area contributed by atoms with Gasteiger partial charge in [-0.15, -0.1) is 0 Å². The molecule has 0 saturated heterocycles. The van der Waals surface area contributed by atoms with Gasteiger partial charge in [-0.25, -0.2) is 4.79 Å². The van der Waals surface area contributed by atoms with Crippen molar-refractivity contribution >= 4 is 12.0 Å². The maximum Gasteiger partial charge on any atom is 0.409 e. The second-order valence-corrected chi connectivity index (χ2v) is 8.99. The topological polar surface area (TPSA) is 77.1 Å². The Balaban J connectivity index is 1.86. The van der Waals surface area contributed by atoms with Gasteiger partial charge in [-0.05, 0) is 44.9 Å². The fraction of sp³-hybridized carbons (Fsp3) is 0.619. The van der Waals surface area contributed by atoms with Gasteiger partial charge in [0.05, 0.1) is 5.54 Å². The summed E-state index contributed by atoms with van der Waals surface area (Å²) in [6.07, 6.45) is 0.234. The number of likely N-dealkylation sites (N-methyl/N-ethyl adjacent to an activating group) is 1. The van der Waals surface area contributed by atoms with Crippen LogP contribution in [0.3, 0.4) is 0 Å². The largest absolute Gasteiger partial charge is 0.454 e. The number of hydrogen-bond donors (Lipinski definition) is 1. The van der Waals surface area contributed by atoms with Crippen LogP contribution in [0.4, 0.5) is 4.79 Å². The summed E-state index contributed by atoms with van der Waals surface area (Å²) in [5.41, 5.74) is -0.104. The summed E-state index contributed by atoms with van der Waals surface area (Å²) in [5.74, 6) is 1.38. The van der Waals surface area contributed by atoms with Crippen molar-refractivity contribution in [2.24, 2.45) is 5.41 Å². The van der Waals surface area contributed by atoms with Crippen LogP contribution in [0.15, 0.2) is 18.2 Å². The average Bonchev–Trinajstić information content (AvgIpc) is 3.05. The lowest BCUT2D eigenvalue weighted by Gasteiger charge is -2.31. The van der Waals surface area contributed by atoms with Gasteiger partial charge in [-0.1, -0.05) is 26.8 Å². The van der Waals surface area contributed by atoms with Crippen molar-refractivity contribution < 1.29 is 23.8 Å². The van der Waals surface area contributed by atoms with Crippen molar-refractivity contribution in [2.75, 3.05) is 20.4 Å². The smallest absolute Gasteiger partial charge is 0.409 e. The number of carbonyl (C=O) groups excluding carboxylic acids is 2. The predicted octanol–water partition coefficient (Wildman–Crippen LogP) is 3.36. The molecule has 1 N–H and O–H groups in total. The number of amides is 2. The first-order valence-electron chi connectivity index (χ1n) is 9.50. The molecule has 1 aromatic carbocycles. The maximum atomic E-state index is 12.4. The van der Waals surface area contributed by atoms with Gasteiger partial charge in [0.25, 0.3) is 0 Å². The Bertz CT molecular complexity index is 724. The maximum absolute atomic E-state index is 12.4. The van der Waals surface area contributed by atoms with E-state index in [-0.39, 0.29) is 25.3 Å². The van der Waals surface area contributed by atoms with Crippen LogP contribution in [0.25, 0.3) is 0 Å². The molecule has 2 amide bonds. The summed E-state index contributed by atoms with van der Waals surface area (Å²) < 4.78 is 16.2. The molecule has 1 heterocycles. The van der Waals surface area contributed by atoms with E-state index in [9.17, 15) is 9.59 Å². The highest BCUT2D eigenvalue weighted by Gasteiger charge is 2.30. The average molecular weight is 392 g/mol. The van der Waals surface area contributed by atoms with Gasteiger partial charge in [0.15, 0.2) is 11.5 Å². The molecule has 1 aromatic rings. The molecule has 0 aromatic heterocycles. The lowest BCUT2D eigenvalue weighted by Crippen LogP contribution is -2.51. The van der Waals surface area contributed by atoms with E-state index in [1.165, 1.54) is 0 Å². The van der Waals surface area contributed by atoms with Crippen LogP contribution >= 0.6 is 0 Å². The number of nitrogens with one attached hydrogen (secondary N) is 1. The molecule has 0 spiro atoms. The van der Waals surface area contributed by atoms with Gasteiger partial charge in [0.1, 0.15) is 6.61 Å². The Morgan fingerprint density at radius 3 is 2.46 bits per heavy atom. The molecule has 28 heavy (non-hydrogen) atoms. The number of benzene rings is 1. The summed E-state index contributed by atoms with van der Waals surface area (Å²) in [5, 5.41) is 2.92. The number of rotatable bonds is 6. The van der Waals surface area contributed by atoms with Crippen molar-refractivity contribution in [3.05, 3.63) is 23.8 Å². The third-order valence-corrected chi connectivity index (χ3v) is 4.61. The highest BCUT2D eigenvalue weighted by molar-refractivity contribution is 5.82. The van der Waals surface area contributed by atoms with Crippen molar-refractivity contribution in [1.29, 1.82) is 0 Å². The van der Waals surface area contributed by atoms with Gasteiger partial charge in [0, 0.05) is 18.5 Å². The fourth-order valence-corrected chi connectivity index (χ4v) is 2.60. The van der Waals surface area contributed by atoms with Crippen LogP contribution in [-0.4, -0.2) is 48.9 Å². The zero-order valence-corrected chi connectivity index (χ0v) is 17.9. The van der Waals surface area contributed by atoms with E-state index in [0.717, 1.165) is 17.1 Å².